The zero-order valence-electron chi connectivity index (χ0n) is 21.6. The number of nitrogens with one attached hydrogen (secondary N) is 2. The van der Waals surface area contributed by atoms with Crippen molar-refractivity contribution in [2.24, 2.45) is 5.41 Å². The van der Waals surface area contributed by atoms with Crippen LogP contribution in [0.3, 0.4) is 0 Å². The molecule has 4 rings (SSSR count). The summed E-state index contributed by atoms with van der Waals surface area (Å²) in [6, 6.07) is 6.78. The van der Waals surface area contributed by atoms with Gasteiger partial charge in [-0.25, -0.2) is 8.42 Å². The molecule has 1 aromatic rings. The highest BCUT2D eigenvalue weighted by Gasteiger charge is 2.62. The Bertz CT molecular complexity index is 1180. The van der Waals surface area contributed by atoms with Gasteiger partial charge in [0.1, 0.15) is 23.5 Å². The van der Waals surface area contributed by atoms with Crippen molar-refractivity contribution >= 4 is 35.5 Å². The highest BCUT2D eigenvalue weighted by molar-refractivity contribution is 7.89. The number of rotatable bonds is 7. The average molecular weight is 541 g/mol. The third-order valence-electron chi connectivity index (χ3n) is 7.05. The molecule has 1 saturated carbocycles. The van der Waals surface area contributed by atoms with Crippen molar-refractivity contribution in [3.05, 3.63) is 40.8 Å². The van der Waals surface area contributed by atoms with Gasteiger partial charge in [-0.1, -0.05) is 56.1 Å². The van der Waals surface area contributed by atoms with Gasteiger partial charge in [0.15, 0.2) is 11.1 Å². The molecule has 1 spiro atoms. The van der Waals surface area contributed by atoms with Crippen LogP contribution in [0.15, 0.2) is 35.6 Å². The van der Waals surface area contributed by atoms with Gasteiger partial charge in [0, 0.05) is 17.9 Å². The molecule has 36 heavy (non-hydrogen) atoms. The number of para-hydroxylation sites is 1. The Morgan fingerprint density at radius 2 is 1.92 bits per heavy atom. The van der Waals surface area contributed by atoms with E-state index in [4.69, 9.17) is 4.84 Å². The standard InChI is InChI=1S/C24H37N4O6PS/c1-6-34-28(31)17-11-7-8-12-18(17)35-24(25-28,26-36(5,32)33)19-20(29)23(13-9-10-14-23)27(21(19)30)16-15-22(2,3)4/h7-8,11-12,25-26,29,35H,6,9-10,13-16H2,1-5H3. The van der Waals surface area contributed by atoms with E-state index in [9.17, 15) is 23.5 Å². The first-order valence-electron chi connectivity index (χ1n) is 12.3. The number of hydrogen-bond acceptors (Lipinski definition) is 7. The van der Waals surface area contributed by atoms with Crippen LogP contribution in [0.2, 0.25) is 0 Å². The average Bonchev–Trinajstić information content (AvgIpc) is 3.29. The molecule has 3 unspecified atom stereocenters. The van der Waals surface area contributed by atoms with E-state index in [1.54, 1.807) is 36.1 Å². The Hall–Kier alpha value is -1.59. The summed E-state index contributed by atoms with van der Waals surface area (Å²) in [4.78, 5) is 19.9. The topological polar surface area (TPSA) is 131 Å². The number of aliphatic hydroxyl groups excluding tert-OH is 1. The molecular weight excluding hydrogens is 503 g/mol. The third kappa shape index (κ3) is 4.82. The van der Waals surface area contributed by atoms with Crippen LogP contribution in [0, 0.1) is 10.6 Å². The SMILES string of the molecule is CCO[N+]1([O-])NC(NS(C)(=O)=O)(C2=C(O)C3(CCCC3)N(CCC(C)(C)C)C2=O)Pc2ccccc21. The maximum Gasteiger partial charge on any atom is 0.258 e. The van der Waals surface area contributed by atoms with E-state index in [2.05, 4.69) is 30.9 Å². The molecule has 1 aliphatic carbocycles. The molecule has 0 radical (unpaired) electrons. The fraction of sp³-hybridized carbons (Fsp3) is 0.625. The first-order chi connectivity index (χ1) is 16.7. The van der Waals surface area contributed by atoms with Gasteiger partial charge in [0.05, 0.1) is 6.26 Å². The minimum atomic E-state index is -3.95. The van der Waals surface area contributed by atoms with E-state index in [1.807, 2.05) is 0 Å². The second-order valence-electron chi connectivity index (χ2n) is 11.1. The van der Waals surface area contributed by atoms with Crippen molar-refractivity contribution in [2.75, 3.05) is 19.4 Å². The first kappa shape index (κ1) is 27.4. The number of sulfonamides is 1. The van der Waals surface area contributed by atoms with Crippen LogP contribution in [0.5, 0.6) is 0 Å². The second kappa shape index (κ2) is 9.31. The Balaban J connectivity index is 1.91. The van der Waals surface area contributed by atoms with Crippen molar-refractivity contribution in [3.8, 4) is 0 Å². The number of aliphatic hydroxyl groups is 1. The van der Waals surface area contributed by atoms with E-state index in [1.165, 1.54) is 0 Å². The first-order valence-corrected chi connectivity index (χ1v) is 15.2. The Morgan fingerprint density at radius 1 is 1.28 bits per heavy atom. The number of hydrogen-bond donors (Lipinski definition) is 3. The van der Waals surface area contributed by atoms with Gasteiger partial charge < -0.3 is 15.2 Å². The lowest BCUT2D eigenvalue weighted by Gasteiger charge is -2.49. The molecule has 0 aromatic heterocycles. The van der Waals surface area contributed by atoms with Crippen LogP contribution >= 0.6 is 8.58 Å². The van der Waals surface area contributed by atoms with Crippen LogP contribution in [-0.4, -0.2) is 54.7 Å². The van der Waals surface area contributed by atoms with Crippen LogP contribution in [0.1, 0.15) is 59.8 Å². The summed E-state index contributed by atoms with van der Waals surface area (Å²) in [5.41, 5.74) is 1.97. The Labute approximate surface area is 215 Å². The fourth-order valence-electron chi connectivity index (χ4n) is 5.49. The molecular formula is C24H37N4O6PS. The minimum absolute atomic E-state index is 0.0313. The van der Waals surface area contributed by atoms with Gasteiger partial charge in [-0.2, -0.15) is 9.56 Å². The highest BCUT2D eigenvalue weighted by atomic mass is 32.2. The Kier molecular flexibility index (Phi) is 7.09. The fourth-order valence-corrected chi connectivity index (χ4v) is 8.44. The lowest BCUT2D eigenvalue weighted by Crippen LogP contribution is -2.73. The number of carbonyl (C=O) groups excluding carboxylic acids is 1. The molecule has 1 fully saturated rings. The summed E-state index contributed by atoms with van der Waals surface area (Å²) in [6.45, 7) is 8.35. The Morgan fingerprint density at radius 3 is 2.50 bits per heavy atom. The van der Waals surface area contributed by atoms with Gasteiger partial charge >= 0.3 is 0 Å². The van der Waals surface area contributed by atoms with Crippen LogP contribution in [0.25, 0.3) is 0 Å². The smallest absolute Gasteiger partial charge is 0.258 e. The summed E-state index contributed by atoms with van der Waals surface area (Å²) in [6.07, 6.45) is 4.50. The summed E-state index contributed by atoms with van der Waals surface area (Å²) in [5, 5.41) is 24.4. The van der Waals surface area contributed by atoms with E-state index in [0.717, 1.165) is 19.1 Å². The van der Waals surface area contributed by atoms with Crippen molar-refractivity contribution in [1.29, 1.82) is 0 Å². The molecule has 200 valence electrons. The molecule has 12 heteroatoms. The second-order valence-corrected chi connectivity index (χ2v) is 14.4. The van der Waals surface area contributed by atoms with Gasteiger partial charge in [-0.05, 0) is 46.2 Å². The van der Waals surface area contributed by atoms with Crippen molar-refractivity contribution < 1.29 is 23.2 Å². The maximum atomic E-state index is 14.2. The number of fused-ring (bicyclic) bond motifs is 1. The minimum Gasteiger partial charge on any atom is -0.572 e. The summed E-state index contributed by atoms with van der Waals surface area (Å²) in [7, 11) is -4.35. The lowest BCUT2D eigenvalue weighted by molar-refractivity contribution is -0.153. The molecule has 2 heterocycles. The van der Waals surface area contributed by atoms with Gasteiger partial charge in [-0.15, -0.1) is 0 Å². The predicted molar refractivity (Wildman–Crippen MR) is 142 cm³/mol. The number of nitrogens with zero attached hydrogens (tertiary/aromatic N) is 2. The number of quaternary nitrogens is 1. The zero-order valence-corrected chi connectivity index (χ0v) is 23.4. The van der Waals surface area contributed by atoms with E-state index >= 15 is 0 Å². The molecule has 1 amide bonds. The molecule has 3 N–H and O–H groups in total. The molecule has 0 saturated heterocycles. The van der Waals surface area contributed by atoms with Gasteiger partial charge in [0.2, 0.25) is 10.0 Å². The predicted octanol–water partition coefficient (Wildman–Crippen LogP) is 2.87. The maximum absolute atomic E-state index is 14.2. The third-order valence-corrected chi connectivity index (χ3v) is 9.46. The normalized spacial score (nSPS) is 28.9. The summed E-state index contributed by atoms with van der Waals surface area (Å²) >= 11 is 0. The van der Waals surface area contributed by atoms with Crippen molar-refractivity contribution in [1.82, 2.24) is 20.0 Å². The summed E-state index contributed by atoms with van der Waals surface area (Å²) < 4.78 is 27.9. The van der Waals surface area contributed by atoms with Crippen LogP contribution in [0.4, 0.5) is 5.69 Å². The van der Waals surface area contributed by atoms with Crippen molar-refractivity contribution in [3.63, 3.8) is 0 Å². The number of amides is 1. The quantitative estimate of drug-likeness (QED) is 0.275. The van der Waals surface area contributed by atoms with Crippen molar-refractivity contribution in [2.45, 2.75) is 70.7 Å². The van der Waals surface area contributed by atoms with Crippen LogP contribution < -0.4 is 20.4 Å². The largest absolute Gasteiger partial charge is 0.572 e. The molecule has 1 aromatic carbocycles. The van der Waals surface area contributed by atoms with Gasteiger partial charge in [-0.3, -0.25) is 4.79 Å². The zero-order chi connectivity index (χ0) is 26.6. The lowest BCUT2D eigenvalue weighted by atomic mass is 9.89. The summed E-state index contributed by atoms with van der Waals surface area (Å²) in [5.74, 6) is -0.616. The van der Waals surface area contributed by atoms with E-state index in [-0.39, 0.29) is 29.0 Å². The molecule has 3 aliphatic rings. The van der Waals surface area contributed by atoms with Gasteiger partial charge in [0.25, 0.3) is 5.91 Å². The highest BCUT2D eigenvalue weighted by Crippen LogP contribution is 2.53. The molecule has 0 bridgehead atoms. The molecule has 2 aliphatic heterocycles. The number of benzene rings is 1. The van der Waals surface area contributed by atoms with E-state index < -0.39 is 40.4 Å². The van der Waals surface area contributed by atoms with Crippen LogP contribution in [-0.2, 0) is 19.7 Å². The van der Waals surface area contributed by atoms with E-state index in [0.29, 0.717) is 31.1 Å². The molecule has 10 nitrogen and oxygen atoms in total. The molecule has 3 atom stereocenters. The number of carbonyl (C=O) groups is 1. The monoisotopic (exact) mass is 540 g/mol.